The van der Waals surface area contributed by atoms with Crippen LogP contribution in [-0.2, 0) is 4.74 Å². The average molecular weight is 259 g/mol. The van der Waals surface area contributed by atoms with Gasteiger partial charge >= 0.3 is 5.97 Å². The van der Waals surface area contributed by atoms with Crippen LogP contribution >= 0.6 is 0 Å². The van der Waals surface area contributed by atoms with Gasteiger partial charge in [0.25, 0.3) is 0 Å². The zero-order valence-corrected chi connectivity index (χ0v) is 10.1. The van der Waals surface area contributed by atoms with Gasteiger partial charge in [0.2, 0.25) is 5.78 Å². The summed E-state index contributed by atoms with van der Waals surface area (Å²) >= 11 is 0. The van der Waals surface area contributed by atoms with Crippen molar-refractivity contribution in [1.29, 1.82) is 0 Å². The van der Waals surface area contributed by atoms with Crippen LogP contribution in [-0.4, -0.2) is 23.8 Å². The van der Waals surface area contributed by atoms with Crippen LogP contribution in [0.15, 0.2) is 42.6 Å². The van der Waals surface area contributed by atoms with E-state index in [0.29, 0.717) is 0 Å². The van der Waals surface area contributed by atoms with Gasteiger partial charge in [-0.25, -0.2) is 9.18 Å². The Labute approximate surface area is 108 Å². The van der Waals surface area contributed by atoms with E-state index in [1.165, 1.54) is 12.3 Å². The van der Waals surface area contributed by atoms with Crippen LogP contribution < -0.4 is 0 Å². The quantitative estimate of drug-likeness (QED) is 0.626. The first-order valence-electron chi connectivity index (χ1n) is 5.47. The van der Waals surface area contributed by atoms with Gasteiger partial charge in [-0.15, -0.1) is 0 Å². The molecule has 5 heteroatoms. The first-order chi connectivity index (χ1) is 9.13. The summed E-state index contributed by atoms with van der Waals surface area (Å²) in [7, 11) is 1.15. The highest BCUT2D eigenvalue weighted by atomic mass is 19.1. The molecular weight excluding hydrogens is 249 g/mol. The Balaban J connectivity index is 2.42. The monoisotopic (exact) mass is 259 g/mol. The normalized spacial score (nSPS) is 10.0. The molecule has 19 heavy (non-hydrogen) atoms. The number of ketones is 1. The van der Waals surface area contributed by atoms with E-state index >= 15 is 0 Å². The number of pyridine rings is 1. The third-order valence-corrected chi connectivity index (χ3v) is 2.53. The van der Waals surface area contributed by atoms with E-state index in [1.807, 2.05) is 0 Å². The van der Waals surface area contributed by atoms with Gasteiger partial charge in [0.15, 0.2) is 0 Å². The molecule has 0 radical (unpaired) electrons. The lowest BCUT2D eigenvalue weighted by Crippen LogP contribution is -2.09. The number of aromatic nitrogens is 1. The number of hydrogen-bond acceptors (Lipinski definition) is 4. The third-order valence-electron chi connectivity index (χ3n) is 2.53. The maximum atomic E-state index is 13.4. The summed E-state index contributed by atoms with van der Waals surface area (Å²) in [6, 6.07) is 8.43. The minimum absolute atomic E-state index is 0.181. The van der Waals surface area contributed by atoms with Crippen LogP contribution in [0.3, 0.4) is 0 Å². The van der Waals surface area contributed by atoms with Gasteiger partial charge in [0, 0.05) is 11.8 Å². The van der Waals surface area contributed by atoms with E-state index in [9.17, 15) is 14.0 Å². The van der Waals surface area contributed by atoms with Crippen LogP contribution in [0.5, 0.6) is 0 Å². The molecule has 0 aliphatic carbocycles. The molecule has 0 fully saturated rings. The van der Waals surface area contributed by atoms with Gasteiger partial charge in [0.1, 0.15) is 11.5 Å². The van der Waals surface area contributed by atoms with Crippen molar-refractivity contribution in [3.8, 4) is 0 Å². The van der Waals surface area contributed by atoms with Crippen LogP contribution in [0.4, 0.5) is 4.39 Å². The van der Waals surface area contributed by atoms with Crippen LogP contribution in [0.2, 0.25) is 0 Å². The van der Waals surface area contributed by atoms with Crippen molar-refractivity contribution in [3.05, 3.63) is 65.2 Å². The van der Waals surface area contributed by atoms with Crippen molar-refractivity contribution in [1.82, 2.24) is 4.98 Å². The molecule has 1 aromatic heterocycles. The lowest BCUT2D eigenvalue weighted by molar-refractivity contribution is 0.0595. The second kappa shape index (κ2) is 5.39. The molecule has 0 saturated heterocycles. The van der Waals surface area contributed by atoms with Crippen LogP contribution in [0, 0.1) is 5.82 Å². The molecule has 2 rings (SSSR count). The van der Waals surface area contributed by atoms with Gasteiger partial charge < -0.3 is 4.74 Å². The number of esters is 1. The summed E-state index contributed by atoms with van der Waals surface area (Å²) in [5, 5.41) is 0. The highest BCUT2D eigenvalue weighted by Gasteiger charge is 2.17. The Morgan fingerprint density at radius 2 is 2.00 bits per heavy atom. The van der Waals surface area contributed by atoms with Gasteiger partial charge in [-0.05, 0) is 30.3 Å². The number of hydrogen-bond donors (Lipinski definition) is 0. The Kier molecular flexibility index (Phi) is 3.66. The standard InChI is InChI=1S/C14H10FNO3/c1-19-14(18)10-8-9(5-6-11(10)15)13(17)12-4-2-3-7-16-12/h2-8H,1H3. The smallest absolute Gasteiger partial charge is 0.340 e. The largest absolute Gasteiger partial charge is 0.465 e. The molecule has 0 atom stereocenters. The minimum atomic E-state index is -0.826. The zero-order chi connectivity index (χ0) is 13.8. The fraction of sp³-hybridized carbons (Fsp3) is 0.0714. The summed E-state index contributed by atoms with van der Waals surface area (Å²) in [6.45, 7) is 0. The topological polar surface area (TPSA) is 56.3 Å². The predicted octanol–water partition coefficient (Wildman–Crippen LogP) is 2.24. The second-order valence-electron chi connectivity index (χ2n) is 3.73. The van der Waals surface area contributed by atoms with Crippen molar-refractivity contribution in [3.63, 3.8) is 0 Å². The molecule has 0 aliphatic rings. The summed E-state index contributed by atoms with van der Waals surface area (Å²) in [4.78, 5) is 27.4. The van der Waals surface area contributed by atoms with E-state index in [2.05, 4.69) is 9.72 Å². The number of rotatable bonds is 3. The predicted molar refractivity (Wildman–Crippen MR) is 65.4 cm³/mol. The van der Waals surface area contributed by atoms with Crippen molar-refractivity contribution < 1.29 is 18.7 Å². The maximum absolute atomic E-state index is 13.4. The number of methoxy groups -OCH3 is 1. The molecule has 96 valence electrons. The van der Waals surface area contributed by atoms with Gasteiger partial charge in [-0.1, -0.05) is 6.07 Å². The van der Waals surface area contributed by atoms with Crippen molar-refractivity contribution >= 4 is 11.8 Å². The first-order valence-corrected chi connectivity index (χ1v) is 5.47. The molecule has 4 nitrogen and oxygen atoms in total. The molecule has 0 amide bonds. The molecule has 2 aromatic rings. The number of carbonyl (C=O) groups excluding carboxylic acids is 2. The molecule has 1 aromatic carbocycles. The number of benzene rings is 1. The van der Waals surface area contributed by atoms with Crippen molar-refractivity contribution in [2.45, 2.75) is 0 Å². The summed E-state index contributed by atoms with van der Waals surface area (Å²) < 4.78 is 17.9. The fourth-order valence-electron chi connectivity index (χ4n) is 1.58. The fourth-order valence-corrected chi connectivity index (χ4v) is 1.58. The van der Waals surface area contributed by atoms with E-state index in [1.54, 1.807) is 18.2 Å². The molecule has 0 spiro atoms. The lowest BCUT2D eigenvalue weighted by Gasteiger charge is -2.04. The van der Waals surface area contributed by atoms with E-state index < -0.39 is 11.8 Å². The summed E-state index contributed by atoms with van der Waals surface area (Å²) in [6.07, 6.45) is 1.48. The Morgan fingerprint density at radius 1 is 1.21 bits per heavy atom. The second-order valence-corrected chi connectivity index (χ2v) is 3.73. The van der Waals surface area contributed by atoms with Crippen LogP contribution in [0.1, 0.15) is 26.4 Å². The van der Waals surface area contributed by atoms with E-state index in [-0.39, 0.29) is 22.6 Å². The molecule has 0 saturated carbocycles. The highest BCUT2D eigenvalue weighted by Crippen LogP contribution is 2.14. The highest BCUT2D eigenvalue weighted by molar-refractivity contribution is 6.08. The lowest BCUT2D eigenvalue weighted by atomic mass is 10.0. The molecule has 0 unspecified atom stereocenters. The molecule has 0 aliphatic heterocycles. The summed E-state index contributed by atoms with van der Waals surface area (Å²) in [5.74, 6) is -1.94. The number of nitrogens with zero attached hydrogens (tertiary/aromatic N) is 1. The van der Waals surface area contributed by atoms with E-state index in [0.717, 1.165) is 19.2 Å². The number of halogens is 1. The Morgan fingerprint density at radius 3 is 2.63 bits per heavy atom. The maximum Gasteiger partial charge on any atom is 0.340 e. The van der Waals surface area contributed by atoms with Gasteiger partial charge in [0.05, 0.1) is 12.7 Å². The summed E-state index contributed by atoms with van der Waals surface area (Å²) in [5.41, 5.74) is 0.134. The minimum Gasteiger partial charge on any atom is -0.465 e. The molecule has 1 heterocycles. The van der Waals surface area contributed by atoms with Gasteiger partial charge in [-0.3, -0.25) is 9.78 Å². The average Bonchev–Trinajstić information content (AvgIpc) is 2.47. The zero-order valence-electron chi connectivity index (χ0n) is 10.1. The Bertz CT molecular complexity index is 626. The van der Waals surface area contributed by atoms with Crippen molar-refractivity contribution in [2.75, 3.05) is 7.11 Å². The van der Waals surface area contributed by atoms with Gasteiger partial charge in [-0.2, -0.15) is 0 Å². The Hall–Kier alpha value is -2.56. The first kappa shape index (κ1) is 12.9. The molecule has 0 N–H and O–H groups in total. The van der Waals surface area contributed by atoms with Crippen molar-refractivity contribution in [2.24, 2.45) is 0 Å². The SMILES string of the molecule is COC(=O)c1cc(C(=O)c2ccccn2)ccc1F. The van der Waals surface area contributed by atoms with Crippen LogP contribution in [0.25, 0.3) is 0 Å². The molecular formula is C14H10FNO3. The third kappa shape index (κ3) is 2.65. The number of carbonyl (C=O) groups is 2. The van der Waals surface area contributed by atoms with E-state index in [4.69, 9.17) is 0 Å². The number of ether oxygens (including phenoxy) is 1. The molecule has 0 bridgehead atoms.